The molecule has 1 unspecified atom stereocenters. The molecule has 0 saturated carbocycles. The highest BCUT2D eigenvalue weighted by atomic mass is 16.5. The summed E-state index contributed by atoms with van der Waals surface area (Å²) in [4.78, 5) is 40.5. The number of likely N-dealkylation sites (tertiary alicyclic amines) is 1. The first kappa shape index (κ1) is 27.4. The lowest BCUT2D eigenvalue weighted by Crippen LogP contribution is -2.63. The topological polar surface area (TPSA) is 108 Å². The molecular formula is C32H35N3O5. The zero-order valence-electron chi connectivity index (χ0n) is 22.6. The Bertz CT molecular complexity index is 1320. The lowest BCUT2D eigenvalue weighted by molar-refractivity contribution is -0.150. The minimum atomic E-state index is -1.37. The molecule has 2 aliphatic rings. The van der Waals surface area contributed by atoms with Gasteiger partial charge in [-0.2, -0.15) is 0 Å². The Hall–Kier alpha value is -4.17. The number of piperidine rings is 1. The van der Waals surface area contributed by atoms with E-state index in [1.807, 2.05) is 66.7 Å². The van der Waals surface area contributed by atoms with Crippen LogP contribution in [-0.2, 0) is 20.9 Å². The first-order valence-corrected chi connectivity index (χ1v) is 13.8. The van der Waals surface area contributed by atoms with E-state index in [9.17, 15) is 19.5 Å². The number of carboxylic acid groups (broad SMARTS) is 1. The number of fused-ring (bicyclic) bond motifs is 3. The van der Waals surface area contributed by atoms with Crippen LogP contribution in [0.3, 0.4) is 0 Å². The van der Waals surface area contributed by atoms with Gasteiger partial charge in [0.15, 0.2) is 0 Å². The molecule has 0 radical (unpaired) electrons. The lowest BCUT2D eigenvalue weighted by Gasteiger charge is -2.40. The molecule has 1 atom stereocenters. The summed E-state index contributed by atoms with van der Waals surface area (Å²) < 4.78 is 5.60. The van der Waals surface area contributed by atoms with Gasteiger partial charge in [0, 0.05) is 25.6 Å². The van der Waals surface area contributed by atoms with Crippen molar-refractivity contribution in [3.8, 4) is 11.1 Å². The van der Waals surface area contributed by atoms with E-state index in [4.69, 9.17) is 4.74 Å². The number of hydrogen-bond donors (Lipinski definition) is 3. The minimum Gasteiger partial charge on any atom is -0.480 e. The Kier molecular flexibility index (Phi) is 8.16. The van der Waals surface area contributed by atoms with Crippen molar-refractivity contribution in [3.63, 3.8) is 0 Å². The number of hydrogen-bond acceptors (Lipinski definition) is 5. The smallest absolute Gasteiger partial charge is 0.407 e. The molecule has 1 saturated heterocycles. The van der Waals surface area contributed by atoms with Crippen LogP contribution in [0.2, 0.25) is 0 Å². The highest BCUT2D eigenvalue weighted by molar-refractivity contribution is 5.91. The quantitative estimate of drug-likeness (QED) is 0.367. The van der Waals surface area contributed by atoms with Crippen molar-refractivity contribution in [1.82, 2.24) is 15.5 Å². The molecule has 3 aromatic carbocycles. The molecule has 8 nitrogen and oxygen atoms in total. The fraction of sp³-hybridized carbons (Fsp3) is 0.344. The number of carboxylic acids is 1. The van der Waals surface area contributed by atoms with Crippen LogP contribution in [0.5, 0.6) is 0 Å². The van der Waals surface area contributed by atoms with Crippen LogP contribution in [-0.4, -0.2) is 59.3 Å². The second-order valence-electron chi connectivity index (χ2n) is 10.6. The van der Waals surface area contributed by atoms with Crippen molar-refractivity contribution in [2.24, 2.45) is 0 Å². The first-order chi connectivity index (χ1) is 19.4. The fourth-order valence-corrected chi connectivity index (χ4v) is 5.79. The maximum atomic E-state index is 13.2. The number of rotatable bonds is 9. The third kappa shape index (κ3) is 5.72. The largest absolute Gasteiger partial charge is 0.480 e. The van der Waals surface area contributed by atoms with Gasteiger partial charge in [-0.3, -0.25) is 9.69 Å². The van der Waals surface area contributed by atoms with E-state index in [-0.39, 0.29) is 25.4 Å². The Morgan fingerprint density at radius 3 is 2.08 bits per heavy atom. The summed E-state index contributed by atoms with van der Waals surface area (Å²) >= 11 is 0. The minimum absolute atomic E-state index is 0.0941. The van der Waals surface area contributed by atoms with Gasteiger partial charge in [-0.15, -0.1) is 0 Å². The van der Waals surface area contributed by atoms with Gasteiger partial charge in [0.25, 0.3) is 0 Å². The highest BCUT2D eigenvalue weighted by Crippen LogP contribution is 2.44. The Morgan fingerprint density at radius 1 is 0.925 bits per heavy atom. The van der Waals surface area contributed by atoms with Crippen LogP contribution in [0, 0.1) is 0 Å². The number of carbonyl (C=O) groups is 3. The summed E-state index contributed by atoms with van der Waals surface area (Å²) in [5, 5.41) is 15.5. The zero-order valence-corrected chi connectivity index (χ0v) is 22.6. The molecule has 0 bridgehead atoms. The zero-order chi connectivity index (χ0) is 28.1. The van der Waals surface area contributed by atoms with Crippen LogP contribution in [0.4, 0.5) is 4.79 Å². The molecule has 1 fully saturated rings. The number of amides is 2. The van der Waals surface area contributed by atoms with Gasteiger partial charge in [0.2, 0.25) is 5.91 Å². The summed E-state index contributed by atoms with van der Waals surface area (Å²) in [5.74, 6) is -1.67. The molecule has 0 aromatic heterocycles. The SMILES string of the molecule is CCC(NC(=O)OCC1c2ccccc2-c2ccccc21)C(=O)NC1(C(=O)O)CCN(Cc2ccccc2)CC1. The molecular weight excluding hydrogens is 506 g/mol. The number of aliphatic carboxylic acids is 1. The van der Waals surface area contributed by atoms with E-state index in [0.29, 0.717) is 19.5 Å². The third-order valence-corrected chi connectivity index (χ3v) is 8.09. The Morgan fingerprint density at radius 2 is 1.50 bits per heavy atom. The number of carbonyl (C=O) groups excluding carboxylic acids is 2. The molecule has 5 rings (SSSR count). The van der Waals surface area contributed by atoms with Crippen LogP contribution in [0.25, 0.3) is 11.1 Å². The second-order valence-corrected chi connectivity index (χ2v) is 10.6. The predicted octanol–water partition coefficient (Wildman–Crippen LogP) is 4.54. The van der Waals surface area contributed by atoms with E-state index in [0.717, 1.165) is 34.4 Å². The van der Waals surface area contributed by atoms with Gasteiger partial charge in [-0.25, -0.2) is 9.59 Å². The average Bonchev–Trinajstić information content (AvgIpc) is 3.30. The van der Waals surface area contributed by atoms with Crippen LogP contribution in [0.1, 0.15) is 48.8 Å². The summed E-state index contributed by atoms with van der Waals surface area (Å²) in [7, 11) is 0. The molecule has 1 aliphatic carbocycles. The monoisotopic (exact) mass is 541 g/mol. The Labute approximate surface area is 234 Å². The number of nitrogens with zero attached hydrogens (tertiary/aromatic N) is 1. The van der Waals surface area contributed by atoms with Gasteiger partial charge in [-0.1, -0.05) is 85.8 Å². The molecule has 3 N–H and O–H groups in total. The van der Waals surface area contributed by atoms with Crippen molar-refractivity contribution in [2.45, 2.75) is 50.2 Å². The van der Waals surface area contributed by atoms with E-state index in [2.05, 4.69) is 27.7 Å². The Balaban J connectivity index is 1.17. The number of benzene rings is 3. The normalized spacial score (nSPS) is 16.8. The molecule has 208 valence electrons. The van der Waals surface area contributed by atoms with Crippen molar-refractivity contribution in [3.05, 3.63) is 95.6 Å². The third-order valence-electron chi connectivity index (χ3n) is 8.09. The van der Waals surface area contributed by atoms with E-state index < -0.39 is 29.6 Å². The van der Waals surface area contributed by atoms with Crippen molar-refractivity contribution in [1.29, 1.82) is 0 Å². The summed E-state index contributed by atoms with van der Waals surface area (Å²) in [5.41, 5.74) is 4.25. The average molecular weight is 542 g/mol. The molecule has 2 amide bonds. The maximum Gasteiger partial charge on any atom is 0.407 e. The number of ether oxygens (including phenoxy) is 1. The molecule has 8 heteroatoms. The standard InChI is InChI=1S/C32H35N3O5/c1-2-28(29(36)34-32(30(37)38)16-18-35(19-17-32)20-22-10-4-3-5-11-22)33-31(39)40-21-27-25-14-8-6-12-23(25)24-13-7-9-15-26(24)27/h3-15,27-28H,2,16-21H2,1H3,(H,33,39)(H,34,36)(H,37,38). The fourth-order valence-electron chi connectivity index (χ4n) is 5.79. The van der Waals surface area contributed by atoms with Gasteiger partial charge < -0.3 is 20.5 Å². The van der Waals surface area contributed by atoms with Crippen molar-refractivity contribution in [2.75, 3.05) is 19.7 Å². The lowest BCUT2D eigenvalue weighted by atomic mass is 9.86. The van der Waals surface area contributed by atoms with Crippen LogP contribution >= 0.6 is 0 Å². The molecule has 1 aliphatic heterocycles. The molecule has 40 heavy (non-hydrogen) atoms. The van der Waals surface area contributed by atoms with E-state index in [1.165, 1.54) is 0 Å². The summed E-state index contributed by atoms with van der Waals surface area (Å²) in [6, 6.07) is 25.3. The maximum absolute atomic E-state index is 13.2. The number of alkyl carbamates (subject to hydrolysis) is 1. The predicted molar refractivity (Wildman–Crippen MR) is 152 cm³/mol. The van der Waals surface area contributed by atoms with Gasteiger partial charge in [-0.05, 0) is 47.1 Å². The first-order valence-electron chi connectivity index (χ1n) is 13.8. The summed E-state index contributed by atoms with van der Waals surface area (Å²) in [6.07, 6.45) is 0.155. The van der Waals surface area contributed by atoms with E-state index in [1.54, 1.807) is 6.92 Å². The van der Waals surface area contributed by atoms with Gasteiger partial charge >= 0.3 is 12.1 Å². The number of nitrogens with one attached hydrogen (secondary N) is 2. The molecule has 3 aromatic rings. The van der Waals surface area contributed by atoms with Crippen LogP contribution in [0.15, 0.2) is 78.9 Å². The van der Waals surface area contributed by atoms with Crippen molar-refractivity contribution >= 4 is 18.0 Å². The second kappa shape index (κ2) is 11.9. The van der Waals surface area contributed by atoms with Crippen LogP contribution < -0.4 is 10.6 Å². The van der Waals surface area contributed by atoms with E-state index >= 15 is 0 Å². The molecule has 1 heterocycles. The van der Waals surface area contributed by atoms with Crippen molar-refractivity contribution < 1.29 is 24.2 Å². The van der Waals surface area contributed by atoms with Gasteiger partial charge in [0.05, 0.1) is 0 Å². The van der Waals surface area contributed by atoms with Gasteiger partial charge in [0.1, 0.15) is 18.2 Å². The molecule has 0 spiro atoms. The summed E-state index contributed by atoms with van der Waals surface area (Å²) in [6.45, 7) is 3.71. The highest BCUT2D eigenvalue weighted by Gasteiger charge is 2.44.